The van der Waals surface area contributed by atoms with Gasteiger partial charge in [0.2, 0.25) is 5.95 Å². The van der Waals surface area contributed by atoms with Gasteiger partial charge in [-0.2, -0.15) is 4.98 Å². The van der Waals surface area contributed by atoms with Gasteiger partial charge in [-0.3, -0.25) is 4.98 Å². The molecule has 4 aromatic rings. The zero-order chi connectivity index (χ0) is 17.1. The predicted octanol–water partition coefficient (Wildman–Crippen LogP) is 5.27. The fraction of sp³-hybridized carbons (Fsp3) is 0. The zero-order valence-electron chi connectivity index (χ0n) is 13.1. The third-order valence-electron chi connectivity index (χ3n) is 3.65. The first-order valence-electron chi connectivity index (χ1n) is 7.74. The van der Waals surface area contributed by atoms with Crippen molar-refractivity contribution in [3.8, 4) is 0 Å². The van der Waals surface area contributed by atoms with Crippen LogP contribution in [-0.2, 0) is 0 Å². The number of fused-ring (bicyclic) bond motifs is 1. The molecule has 0 radical (unpaired) electrons. The molecular weight excluding hydrogens is 378 g/mol. The fourth-order valence-electron chi connectivity index (χ4n) is 2.49. The van der Waals surface area contributed by atoms with E-state index in [0.29, 0.717) is 11.8 Å². The van der Waals surface area contributed by atoms with Crippen LogP contribution >= 0.6 is 15.9 Å². The van der Waals surface area contributed by atoms with Crippen molar-refractivity contribution in [1.82, 2.24) is 15.0 Å². The maximum Gasteiger partial charge on any atom is 0.229 e. The Morgan fingerprint density at radius 3 is 2.48 bits per heavy atom. The molecule has 5 nitrogen and oxygen atoms in total. The summed E-state index contributed by atoms with van der Waals surface area (Å²) in [5, 5.41) is 7.60. The summed E-state index contributed by atoms with van der Waals surface area (Å²) < 4.78 is 1.03. The van der Waals surface area contributed by atoms with Crippen LogP contribution in [0.25, 0.3) is 10.9 Å². The van der Waals surface area contributed by atoms with Gasteiger partial charge in [0.1, 0.15) is 5.82 Å². The quantitative estimate of drug-likeness (QED) is 0.495. The molecule has 2 N–H and O–H groups in total. The van der Waals surface area contributed by atoms with Gasteiger partial charge in [-0.05, 0) is 42.5 Å². The van der Waals surface area contributed by atoms with E-state index in [0.717, 1.165) is 26.8 Å². The Balaban J connectivity index is 1.60. The number of nitrogens with zero attached hydrogens (tertiary/aromatic N) is 3. The van der Waals surface area contributed by atoms with Gasteiger partial charge < -0.3 is 10.6 Å². The van der Waals surface area contributed by atoms with Gasteiger partial charge in [0.25, 0.3) is 0 Å². The molecule has 0 fully saturated rings. The maximum absolute atomic E-state index is 4.52. The molecule has 0 saturated carbocycles. The van der Waals surface area contributed by atoms with E-state index < -0.39 is 0 Å². The molecule has 2 heterocycles. The van der Waals surface area contributed by atoms with Gasteiger partial charge in [0.05, 0.1) is 11.2 Å². The highest BCUT2D eigenvalue weighted by Crippen LogP contribution is 2.24. The molecule has 122 valence electrons. The second-order valence-corrected chi connectivity index (χ2v) is 6.32. The van der Waals surface area contributed by atoms with Crippen molar-refractivity contribution in [2.75, 3.05) is 10.6 Å². The van der Waals surface area contributed by atoms with Crippen LogP contribution in [0.4, 0.5) is 23.1 Å². The molecule has 0 spiro atoms. The lowest BCUT2D eigenvalue weighted by atomic mass is 10.2. The van der Waals surface area contributed by atoms with E-state index in [4.69, 9.17) is 0 Å². The second kappa shape index (κ2) is 6.86. The summed E-state index contributed by atoms with van der Waals surface area (Å²) in [7, 11) is 0. The monoisotopic (exact) mass is 391 g/mol. The van der Waals surface area contributed by atoms with Gasteiger partial charge >= 0.3 is 0 Å². The molecule has 0 aliphatic carbocycles. The van der Waals surface area contributed by atoms with Crippen LogP contribution in [0, 0.1) is 0 Å². The van der Waals surface area contributed by atoms with E-state index in [1.165, 1.54) is 0 Å². The number of nitrogens with one attached hydrogen (secondary N) is 2. The van der Waals surface area contributed by atoms with E-state index in [1.807, 2.05) is 60.7 Å². The summed E-state index contributed by atoms with van der Waals surface area (Å²) in [6.07, 6.45) is 3.50. The molecule has 4 rings (SSSR count). The number of benzene rings is 2. The second-order valence-electron chi connectivity index (χ2n) is 5.40. The lowest BCUT2D eigenvalue weighted by Gasteiger charge is -2.10. The SMILES string of the molecule is Brc1ccc(Nc2nccc(Nc3cccc4cccnc34)n2)cc1. The lowest BCUT2D eigenvalue weighted by Crippen LogP contribution is -2.00. The average molecular weight is 392 g/mol. The molecule has 6 heteroatoms. The van der Waals surface area contributed by atoms with Crippen molar-refractivity contribution in [2.24, 2.45) is 0 Å². The number of aromatic nitrogens is 3. The van der Waals surface area contributed by atoms with Crippen LogP contribution in [0.1, 0.15) is 0 Å². The van der Waals surface area contributed by atoms with Crippen molar-refractivity contribution in [2.45, 2.75) is 0 Å². The van der Waals surface area contributed by atoms with Gasteiger partial charge in [-0.1, -0.05) is 34.1 Å². The Hall–Kier alpha value is -2.99. The van der Waals surface area contributed by atoms with Gasteiger partial charge in [0, 0.05) is 27.9 Å². The fourth-order valence-corrected chi connectivity index (χ4v) is 2.76. The molecule has 2 aromatic heterocycles. The molecule has 0 atom stereocenters. The summed E-state index contributed by atoms with van der Waals surface area (Å²) in [5.74, 6) is 1.23. The van der Waals surface area contributed by atoms with Crippen molar-refractivity contribution < 1.29 is 0 Å². The van der Waals surface area contributed by atoms with Crippen molar-refractivity contribution in [3.63, 3.8) is 0 Å². The third kappa shape index (κ3) is 3.59. The number of anilines is 4. The largest absolute Gasteiger partial charge is 0.338 e. The van der Waals surface area contributed by atoms with Crippen molar-refractivity contribution >= 4 is 50.0 Å². The zero-order valence-corrected chi connectivity index (χ0v) is 14.7. The molecule has 0 saturated heterocycles. The summed E-state index contributed by atoms with van der Waals surface area (Å²) in [6, 6.07) is 19.7. The number of para-hydroxylation sites is 1. The third-order valence-corrected chi connectivity index (χ3v) is 4.18. The van der Waals surface area contributed by atoms with Crippen molar-refractivity contribution in [3.05, 3.63) is 77.5 Å². The van der Waals surface area contributed by atoms with Crippen LogP contribution in [0.2, 0.25) is 0 Å². The van der Waals surface area contributed by atoms with Crippen LogP contribution < -0.4 is 10.6 Å². The van der Waals surface area contributed by atoms with E-state index in [-0.39, 0.29) is 0 Å². The summed E-state index contributed by atoms with van der Waals surface area (Å²) in [6.45, 7) is 0. The summed E-state index contributed by atoms with van der Waals surface area (Å²) >= 11 is 3.42. The Morgan fingerprint density at radius 2 is 1.60 bits per heavy atom. The number of rotatable bonds is 4. The smallest absolute Gasteiger partial charge is 0.229 e. The molecule has 0 bridgehead atoms. The molecule has 0 aliphatic heterocycles. The highest BCUT2D eigenvalue weighted by molar-refractivity contribution is 9.10. The highest BCUT2D eigenvalue weighted by atomic mass is 79.9. The minimum absolute atomic E-state index is 0.528. The number of pyridine rings is 1. The van der Waals surface area contributed by atoms with E-state index in [9.17, 15) is 0 Å². The minimum atomic E-state index is 0.528. The van der Waals surface area contributed by atoms with E-state index in [2.05, 4.69) is 41.5 Å². The number of hydrogen-bond acceptors (Lipinski definition) is 5. The molecular formula is C19H14BrN5. The average Bonchev–Trinajstić information content (AvgIpc) is 2.64. The molecule has 0 unspecified atom stereocenters. The van der Waals surface area contributed by atoms with Gasteiger partial charge in [-0.25, -0.2) is 4.98 Å². The molecule has 0 aliphatic rings. The van der Waals surface area contributed by atoms with E-state index in [1.54, 1.807) is 12.4 Å². The Morgan fingerprint density at radius 1 is 0.760 bits per heavy atom. The molecule has 25 heavy (non-hydrogen) atoms. The number of halogens is 1. The Labute approximate surface area is 153 Å². The van der Waals surface area contributed by atoms with Crippen LogP contribution in [0.3, 0.4) is 0 Å². The van der Waals surface area contributed by atoms with Crippen LogP contribution in [0.5, 0.6) is 0 Å². The van der Waals surface area contributed by atoms with Crippen molar-refractivity contribution in [1.29, 1.82) is 0 Å². The van der Waals surface area contributed by atoms with Crippen LogP contribution in [-0.4, -0.2) is 15.0 Å². The first kappa shape index (κ1) is 15.5. The molecule has 0 amide bonds. The predicted molar refractivity (Wildman–Crippen MR) is 104 cm³/mol. The highest BCUT2D eigenvalue weighted by Gasteiger charge is 2.05. The van der Waals surface area contributed by atoms with Gasteiger partial charge in [-0.15, -0.1) is 0 Å². The standard InChI is InChI=1S/C19H14BrN5/c20-14-6-8-15(9-7-14)23-19-22-12-10-17(25-19)24-16-5-1-3-13-4-2-11-21-18(13)16/h1-12H,(H2,22,23,24,25). The minimum Gasteiger partial charge on any atom is -0.338 e. The molecule has 2 aromatic carbocycles. The van der Waals surface area contributed by atoms with Gasteiger partial charge in [0.15, 0.2) is 0 Å². The van der Waals surface area contributed by atoms with E-state index >= 15 is 0 Å². The summed E-state index contributed by atoms with van der Waals surface area (Å²) in [5.41, 5.74) is 2.74. The Bertz CT molecular complexity index is 1010. The Kier molecular flexibility index (Phi) is 4.26. The lowest BCUT2D eigenvalue weighted by molar-refractivity contribution is 1.17. The normalized spacial score (nSPS) is 10.6. The topological polar surface area (TPSA) is 62.7 Å². The van der Waals surface area contributed by atoms with Crippen LogP contribution in [0.15, 0.2) is 77.5 Å². The first-order chi connectivity index (χ1) is 12.3. The summed E-state index contributed by atoms with van der Waals surface area (Å²) in [4.78, 5) is 13.2. The number of hydrogen-bond donors (Lipinski definition) is 2. The maximum atomic E-state index is 4.52. The first-order valence-corrected chi connectivity index (χ1v) is 8.54.